The van der Waals surface area contributed by atoms with E-state index in [1.54, 1.807) is 0 Å². The normalized spacial score (nSPS) is 44.6. The molecule has 3 saturated carbocycles. The lowest BCUT2D eigenvalue weighted by atomic mass is 9.48. The van der Waals surface area contributed by atoms with E-state index in [1.165, 1.54) is 57.8 Å². The molecule has 0 amide bonds. The molecule has 0 radical (unpaired) electrons. The van der Waals surface area contributed by atoms with Gasteiger partial charge in [-0.05, 0) is 97.9 Å². The lowest BCUT2D eigenvalue weighted by molar-refractivity contribution is -0.00478. The van der Waals surface area contributed by atoms with Gasteiger partial charge in [0.15, 0.2) is 0 Å². The van der Waals surface area contributed by atoms with Crippen LogP contribution in [0, 0.1) is 40.4 Å². The van der Waals surface area contributed by atoms with E-state index in [1.807, 2.05) is 12.5 Å². The van der Waals surface area contributed by atoms with Gasteiger partial charge in [0, 0.05) is 0 Å². The molecule has 3 fully saturated rings. The first-order valence-electron chi connectivity index (χ1n) is 12.0. The summed E-state index contributed by atoms with van der Waals surface area (Å²) in [5, 5.41) is 9.21. The Kier molecular flexibility index (Phi) is 5.69. The van der Waals surface area contributed by atoms with Crippen LogP contribution < -0.4 is 0 Å². The highest BCUT2D eigenvalue weighted by Crippen LogP contribution is 2.66. The molecule has 156 valence electrons. The first kappa shape index (κ1) is 20.5. The molecule has 0 aromatic carbocycles. The minimum atomic E-state index is 0.164. The van der Waals surface area contributed by atoms with E-state index in [0.29, 0.717) is 16.7 Å². The van der Waals surface area contributed by atoms with Crippen LogP contribution in [0.25, 0.3) is 0 Å². The Morgan fingerprint density at radius 2 is 1.89 bits per heavy atom. The molecule has 0 aromatic rings. The molecule has 1 N–H and O–H groups in total. The minimum absolute atomic E-state index is 0.164. The van der Waals surface area contributed by atoms with Gasteiger partial charge in [0.25, 0.3) is 0 Å². The third-order valence-corrected chi connectivity index (χ3v) is 9.75. The number of aliphatic hydroxyl groups excluding tert-OH is 1. The molecule has 0 saturated heterocycles. The SMILES string of the molecule is CC(=CC=C[C@@H](C)[C@H]1CC[C@H]2C3=CCC4CCCC[C@]4(C)[C@H]3CC[C@]12C)CO. The van der Waals surface area contributed by atoms with Gasteiger partial charge in [-0.25, -0.2) is 0 Å². The lowest BCUT2D eigenvalue weighted by Crippen LogP contribution is -2.48. The Morgan fingerprint density at radius 1 is 1.11 bits per heavy atom. The number of aliphatic hydroxyl groups is 1. The molecular weight excluding hydrogens is 340 g/mol. The lowest BCUT2D eigenvalue weighted by Gasteiger charge is -2.57. The summed E-state index contributed by atoms with van der Waals surface area (Å²) in [7, 11) is 0. The zero-order chi connectivity index (χ0) is 19.9. The van der Waals surface area contributed by atoms with Crippen molar-refractivity contribution in [1.82, 2.24) is 0 Å². The molecule has 4 rings (SSSR count). The summed E-state index contributed by atoms with van der Waals surface area (Å²) in [5.74, 6) is 4.10. The number of rotatable bonds is 4. The summed E-state index contributed by atoms with van der Waals surface area (Å²) in [6.45, 7) is 9.87. The molecule has 0 aliphatic heterocycles. The Hall–Kier alpha value is -0.820. The number of hydrogen-bond acceptors (Lipinski definition) is 1. The van der Waals surface area contributed by atoms with Crippen molar-refractivity contribution in [3.8, 4) is 0 Å². The Bertz CT molecular complexity index is 670. The van der Waals surface area contributed by atoms with Crippen molar-refractivity contribution in [3.05, 3.63) is 35.5 Å². The quantitative estimate of drug-likeness (QED) is 0.406. The molecular formula is C27H42O. The Labute approximate surface area is 173 Å². The van der Waals surface area contributed by atoms with Crippen LogP contribution in [0.2, 0.25) is 0 Å². The maximum absolute atomic E-state index is 9.21. The van der Waals surface area contributed by atoms with Gasteiger partial charge in [-0.15, -0.1) is 0 Å². The number of fused-ring (bicyclic) bond motifs is 5. The standard InChI is InChI=1S/C27H42O/c1-19(18-28)8-7-9-20(2)23-13-14-24-22-12-11-21-10-5-6-16-26(21,3)25(22)15-17-27(23,24)4/h7-9,12,20-21,23-25,28H,5-6,10-11,13-18H2,1-4H3/t20-,21?,23-,24+,25+,26+,27-/m1/s1. The predicted molar refractivity (Wildman–Crippen MR) is 119 cm³/mol. The van der Waals surface area contributed by atoms with Crippen molar-refractivity contribution in [2.75, 3.05) is 6.61 Å². The fraction of sp³-hybridized carbons (Fsp3) is 0.778. The fourth-order valence-corrected chi connectivity index (χ4v) is 8.03. The van der Waals surface area contributed by atoms with Gasteiger partial charge in [-0.3, -0.25) is 0 Å². The molecule has 1 nitrogen and oxygen atoms in total. The second-order valence-corrected chi connectivity index (χ2v) is 11.1. The van der Waals surface area contributed by atoms with E-state index in [9.17, 15) is 5.11 Å². The van der Waals surface area contributed by atoms with E-state index in [2.05, 4.69) is 45.1 Å². The molecule has 28 heavy (non-hydrogen) atoms. The van der Waals surface area contributed by atoms with Crippen LogP contribution in [0.1, 0.15) is 85.5 Å². The molecule has 4 aliphatic rings. The largest absolute Gasteiger partial charge is 0.392 e. The zero-order valence-corrected chi connectivity index (χ0v) is 18.7. The minimum Gasteiger partial charge on any atom is -0.392 e. The maximum atomic E-state index is 9.21. The van der Waals surface area contributed by atoms with Crippen LogP contribution >= 0.6 is 0 Å². The summed E-state index contributed by atoms with van der Waals surface area (Å²) >= 11 is 0. The van der Waals surface area contributed by atoms with Gasteiger partial charge in [0.05, 0.1) is 6.61 Å². The van der Waals surface area contributed by atoms with Crippen molar-refractivity contribution in [2.45, 2.75) is 85.5 Å². The average Bonchev–Trinajstić information content (AvgIpc) is 3.04. The monoisotopic (exact) mass is 382 g/mol. The van der Waals surface area contributed by atoms with Gasteiger partial charge in [-0.2, -0.15) is 0 Å². The van der Waals surface area contributed by atoms with Gasteiger partial charge >= 0.3 is 0 Å². The summed E-state index contributed by atoms with van der Waals surface area (Å²) in [4.78, 5) is 0. The van der Waals surface area contributed by atoms with Gasteiger partial charge < -0.3 is 5.11 Å². The first-order chi connectivity index (χ1) is 13.4. The molecule has 0 aromatic heterocycles. The Morgan fingerprint density at radius 3 is 2.68 bits per heavy atom. The third-order valence-electron chi connectivity index (χ3n) is 9.75. The fourth-order valence-electron chi connectivity index (χ4n) is 8.03. The summed E-state index contributed by atoms with van der Waals surface area (Å²) in [5.41, 5.74) is 4.02. The van der Waals surface area contributed by atoms with Crippen LogP contribution in [0.15, 0.2) is 35.5 Å². The molecule has 1 unspecified atom stereocenters. The van der Waals surface area contributed by atoms with E-state index in [4.69, 9.17) is 0 Å². The second-order valence-electron chi connectivity index (χ2n) is 11.1. The summed E-state index contributed by atoms with van der Waals surface area (Å²) in [6, 6.07) is 0. The van der Waals surface area contributed by atoms with Gasteiger partial charge in [0.2, 0.25) is 0 Å². The molecule has 0 heterocycles. The molecule has 0 bridgehead atoms. The summed E-state index contributed by atoms with van der Waals surface area (Å²) in [6.07, 6.45) is 22.3. The second kappa shape index (κ2) is 7.78. The van der Waals surface area contributed by atoms with E-state index in [-0.39, 0.29) is 6.61 Å². The topological polar surface area (TPSA) is 20.2 Å². The predicted octanol–water partition coefficient (Wildman–Crippen LogP) is 7.09. The molecule has 4 aliphatic carbocycles. The van der Waals surface area contributed by atoms with Gasteiger partial charge in [-0.1, -0.05) is 63.5 Å². The maximum Gasteiger partial charge on any atom is 0.0642 e. The van der Waals surface area contributed by atoms with Crippen LogP contribution in [0.3, 0.4) is 0 Å². The van der Waals surface area contributed by atoms with Crippen LogP contribution in [0.5, 0.6) is 0 Å². The van der Waals surface area contributed by atoms with E-state index >= 15 is 0 Å². The molecule has 7 atom stereocenters. The summed E-state index contributed by atoms with van der Waals surface area (Å²) < 4.78 is 0. The highest BCUT2D eigenvalue weighted by molar-refractivity contribution is 5.28. The average molecular weight is 383 g/mol. The highest BCUT2D eigenvalue weighted by Gasteiger charge is 2.57. The van der Waals surface area contributed by atoms with Crippen molar-refractivity contribution in [1.29, 1.82) is 0 Å². The smallest absolute Gasteiger partial charge is 0.0642 e. The van der Waals surface area contributed by atoms with Crippen molar-refractivity contribution < 1.29 is 5.11 Å². The first-order valence-corrected chi connectivity index (χ1v) is 12.0. The van der Waals surface area contributed by atoms with E-state index < -0.39 is 0 Å². The number of hydrogen-bond donors (Lipinski definition) is 1. The van der Waals surface area contributed by atoms with Crippen molar-refractivity contribution in [2.24, 2.45) is 40.4 Å². The zero-order valence-electron chi connectivity index (χ0n) is 18.7. The van der Waals surface area contributed by atoms with E-state index in [0.717, 1.165) is 29.2 Å². The molecule has 0 spiro atoms. The third kappa shape index (κ3) is 3.26. The van der Waals surface area contributed by atoms with Gasteiger partial charge in [0.1, 0.15) is 0 Å². The number of allylic oxidation sites excluding steroid dienone is 5. The van der Waals surface area contributed by atoms with Crippen molar-refractivity contribution in [3.63, 3.8) is 0 Å². The van der Waals surface area contributed by atoms with Crippen LogP contribution in [-0.2, 0) is 0 Å². The van der Waals surface area contributed by atoms with Crippen LogP contribution in [0.4, 0.5) is 0 Å². The Balaban J connectivity index is 1.54. The van der Waals surface area contributed by atoms with Crippen LogP contribution in [-0.4, -0.2) is 11.7 Å². The molecule has 1 heteroatoms. The van der Waals surface area contributed by atoms with Crippen molar-refractivity contribution >= 4 is 0 Å². The highest BCUT2D eigenvalue weighted by atomic mass is 16.3.